The highest BCUT2D eigenvalue weighted by Gasteiger charge is 2.15. The topological polar surface area (TPSA) is 12.5 Å². The normalized spacial score (nSPS) is 16.2. The Morgan fingerprint density at radius 2 is 2.06 bits per heavy atom. The minimum atomic E-state index is 0.650. The number of hydrogen-bond acceptors (Lipinski definition) is 2. The zero-order valence-electron chi connectivity index (χ0n) is 9.08. The Hall–Kier alpha value is -0.925. The summed E-state index contributed by atoms with van der Waals surface area (Å²) in [5, 5.41) is 0.650. The van der Waals surface area contributed by atoms with Crippen molar-refractivity contribution < 1.29 is 4.74 Å². The number of hydrogen-bond donors (Lipinski definition) is 0. The fourth-order valence-corrected chi connectivity index (χ4v) is 2.07. The summed E-state index contributed by atoms with van der Waals surface area (Å²) in [5.41, 5.74) is 2.55. The fourth-order valence-electron chi connectivity index (χ4n) is 1.77. The van der Waals surface area contributed by atoms with Crippen molar-refractivity contribution >= 4 is 30.6 Å². The van der Waals surface area contributed by atoms with E-state index in [2.05, 4.69) is 11.5 Å². The van der Waals surface area contributed by atoms with Gasteiger partial charge in [-0.1, -0.05) is 35.8 Å². The SMILES string of the molecule is [B]c1ccc(C(=C)N2CCOCC2)c(Cl)c1. The van der Waals surface area contributed by atoms with Crippen LogP contribution in [0.3, 0.4) is 0 Å². The highest BCUT2D eigenvalue weighted by molar-refractivity contribution is 6.37. The lowest BCUT2D eigenvalue weighted by Gasteiger charge is -2.31. The van der Waals surface area contributed by atoms with Crippen molar-refractivity contribution in [2.75, 3.05) is 26.3 Å². The van der Waals surface area contributed by atoms with E-state index in [9.17, 15) is 0 Å². The van der Waals surface area contributed by atoms with Crippen LogP contribution in [0.25, 0.3) is 5.70 Å². The molecule has 1 aliphatic heterocycles. The smallest absolute Gasteiger partial charge is 0.113 e. The first kappa shape index (κ1) is 11.6. The Balaban J connectivity index is 2.19. The summed E-state index contributed by atoms with van der Waals surface area (Å²) in [6.07, 6.45) is 0. The Morgan fingerprint density at radius 3 is 2.69 bits per heavy atom. The summed E-state index contributed by atoms with van der Waals surface area (Å²) in [5.74, 6) is 0. The van der Waals surface area contributed by atoms with Gasteiger partial charge in [-0.05, 0) is 6.07 Å². The van der Waals surface area contributed by atoms with Gasteiger partial charge in [0.15, 0.2) is 0 Å². The molecule has 2 rings (SSSR count). The average molecular weight is 234 g/mol. The van der Waals surface area contributed by atoms with Gasteiger partial charge in [-0.15, -0.1) is 0 Å². The van der Waals surface area contributed by atoms with Crippen molar-refractivity contribution in [1.82, 2.24) is 4.90 Å². The maximum absolute atomic E-state index is 6.14. The van der Waals surface area contributed by atoms with Crippen LogP contribution < -0.4 is 5.46 Å². The Kier molecular flexibility index (Phi) is 3.57. The summed E-state index contributed by atoms with van der Waals surface area (Å²) >= 11 is 6.14. The molecule has 0 aromatic heterocycles. The lowest BCUT2D eigenvalue weighted by molar-refractivity contribution is 0.0641. The van der Waals surface area contributed by atoms with Gasteiger partial charge in [0, 0.05) is 29.4 Å². The summed E-state index contributed by atoms with van der Waals surface area (Å²) in [4.78, 5) is 2.18. The van der Waals surface area contributed by atoms with E-state index in [0.717, 1.165) is 37.6 Å². The first-order chi connectivity index (χ1) is 7.68. The molecule has 0 bridgehead atoms. The summed E-state index contributed by atoms with van der Waals surface area (Å²) in [7, 11) is 5.66. The van der Waals surface area contributed by atoms with E-state index in [4.69, 9.17) is 24.2 Å². The van der Waals surface area contributed by atoms with Crippen LogP contribution in [-0.2, 0) is 4.74 Å². The molecule has 1 aromatic carbocycles. The van der Waals surface area contributed by atoms with Crippen LogP contribution >= 0.6 is 11.6 Å². The van der Waals surface area contributed by atoms with Crippen LogP contribution in [0, 0.1) is 0 Å². The van der Waals surface area contributed by atoms with Crippen molar-refractivity contribution in [1.29, 1.82) is 0 Å². The maximum atomic E-state index is 6.14. The number of ether oxygens (including phenoxy) is 1. The molecule has 0 amide bonds. The van der Waals surface area contributed by atoms with Crippen molar-refractivity contribution in [2.45, 2.75) is 0 Å². The van der Waals surface area contributed by atoms with E-state index in [1.165, 1.54) is 0 Å². The molecule has 1 fully saturated rings. The molecule has 1 aromatic rings. The second-order valence-electron chi connectivity index (χ2n) is 3.79. The molecule has 0 aliphatic carbocycles. The molecular weight excluding hydrogens is 220 g/mol. The largest absolute Gasteiger partial charge is 0.378 e. The van der Waals surface area contributed by atoms with Crippen molar-refractivity contribution in [3.63, 3.8) is 0 Å². The summed E-state index contributed by atoms with van der Waals surface area (Å²) in [6.45, 7) is 7.29. The molecule has 0 saturated carbocycles. The Labute approximate surface area is 102 Å². The van der Waals surface area contributed by atoms with Crippen molar-refractivity contribution in [2.24, 2.45) is 0 Å². The molecule has 16 heavy (non-hydrogen) atoms. The van der Waals surface area contributed by atoms with Crippen LogP contribution in [0.2, 0.25) is 5.02 Å². The Morgan fingerprint density at radius 1 is 1.38 bits per heavy atom. The molecule has 82 valence electrons. The zero-order chi connectivity index (χ0) is 11.5. The van der Waals surface area contributed by atoms with Gasteiger partial charge in [0.25, 0.3) is 0 Å². The van der Waals surface area contributed by atoms with Crippen LogP contribution in [-0.4, -0.2) is 39.0 Å². The first-order valence-corrected chi connectivity index (χ1v) is 5.63. The molecule has 1 aliphatic rings. The van der Waals surface area contributed by atoms with E-state index in [-0.39, 0.29) is 0 Å². The van der Waals surface area contributed by atoms with E-state index >= 15 is 0 Å². The third-order valence-corrected chi connectivity index (χ3v) is 3.01. The van der Waals surface area contributed by atoms with Crippen molar-refractivity contribution in [3.8, 4) is 0 Å². The monoisotopic (exact) mass is 233 g/mol. The number of morpholine rings is 1. The molecule has 2 radical (unpaired) electrons. The molecule has 0 N–H and O–H groups in total. The molecule has 0 spiro atoms. The second-order valence-corrected chi connectivity index (χ2v) is 4.19. The number of rotatable bonds is 2. The minimum absolute atomic E-state index is 0.650. The third kappa shape index (κ3) is 2.42. The van der Waals surface area contributed by atoms with Crippen LogP contribution in [0.5, 0.6) is 0 Å². The zero-order valence-corrected chi connectivity index (χ0v) is 9.83. The lowest BCUT2D eigenvalue weighted by atomic mass is 9.94. The standard InChI is InChI=1S/C12H13BClNO/c1-9(15-4-6-16-7-5-15)11-3-2-10(13)8-12(11)14/h2-3,8H,1,4-7H2. The molecule has 1 heterocycles. The molecule has 2 nitrogen and oxygen atoms in total. The fraction of sp³-hybridized carbons (Fsp3) is 0.333. The van der Waals surface area contributed by atoms with Crippen LogP contribution in [0.4, 0.5) is 0 Å². The van der Waals surface area contributed by atoms with Gasteiger partial charge in [0.2, 0.25) is 0 Å². The molecule has 1 saturated heterocycles. The summed E-state index contributed by atoms with van der Waals surface area (Å²) in [6, 6.07) is 5.50. The lowest BCUT2D eigenvalue weighted by Crippen LogP contribution is -2.34. The van der Waals surface area contributed by atoms with E-state index < -0.39 is 0 Å². The van der Waals surface area contributed by atoms with Gasteiger partial charge in [0.05, 0.1) is 13.2 Å². The molecule has 4 heteroatoms. The average Bonchev–Trinajstić information content (AvgIpc) is 2.29. The number of nitrogens with zero attached hydrogens (tertiary/aromatic N) is 1. The van der Waals surface area contributed by atoms with E-state index in [0.29, 0.717) is 10.5 Å². The van der Waals surface area contributed by atoms with Crippen molar-refractivity contribution in [3.05, 3.63) is 35.4 Å². The maximum Gasteiger partial charge on any atom is 0.113 e. The quantitative estimate of drug-likeness (QED) is 0.717. The predicted molar refractivity (Wildman–Crippen MR) is 68.3 cm³/mol. The highest BCUT2D eigenvalue weighted by atomic mass is 35.5. The highest BCUT2D eigenvalue weighted by Crippen LogP contribution is 2.24. The molecular formula is C12H13BClNO. The number of benzene rings is 1. The Bertz CT molecular complexity index is 402. The summed E-state index contributed by atoms with van der Waals surface area (Å²) < 4.78 is 5.30. The molecule has 0 unspecified atom stereocenters. The van der Waals surface area contributed by atoms with Gasteiger partial charge in [-0.2, -0.15) is 0 Å². The van der Waals surface area contributed by atoms with Gasteiger partial charge in [-0.3, -0.25) is 0 Å². The van der Waals surface area contributed by atoms with E-state index in [1.54, 1.807) is 6.07 Å². The predicted octanol–water partition coefficient (Wildman–Crippen LogP) is 1.44. The van der Waals surface area contributed by atoms with Crippen LogP contribution in [0.1, 0.15) is 5.56 Å². The van der Waals surface area contributed by atoms with Gasteiger partial charge < -0.3 is 9.64 Å². The van der Waals surface area contributed by atoms with Gasteiger partial charge in [-0.25, -0.2) is 0 Å². The van der Waals surface area contributed by atoms with Gasteiger partial charge >= 0.3 is 0 Å². The second kappa shape index (κ2) is 4.94. The number of halogens is 1. The van der Waals surface area contributed by atoms with E-state index in [1.807, 2.05) is 12.1 Å². The molecule has 0 atom stereocenters. The van der Waals surface area contributed by atoms with Crippen LogP contribution in [0.15, 0.2) is 24.8 Å². The first-order valence-electron chi connectivity index (χ1n) is 5.25. The third-order valence-electron chi connectivity index (χ3n) is 2.70. The minimum Gasteiger partial charge on any atom is -0.378 e. The van der Waals surface area contributed by atoms with Gasteiger partial charge in [0.1, 0.15) is 7.85 Å².